The molecule has 1 saturated heterocycles. The fourth-order valence-electron chi connectivity index (χ4n) is 3.08. The summed E-state index contributed by atoms with van der Waals surface area (Å²) < 4.78 is 26.5. The van der Waals surface area contributed by atoms with Crippen LogP contribution in [0.25, 0.3) is 0 Å². The summed E-state index contributed by atoms with van der Waals surface area (Å²) in [6.07, 6.45) is 2.77. The second-order valence-corrected chi connectivity index (χ2v) is 7.85. The van der Waals surface area contributed by atoms with Crippen LogP contribution in [0.4, 0.5) is 8.78 Å². The molecule has 1 atom stereocenters. The summed E-state index contributed by atoms with van der Waals surface area (Å²) in [6, 6.07) is 4.58. The zero-order valence-corrected chi connectivity index (χ0v) is 20.6. The lowest BCUT2D eigenvalue weighted by molar-refractivity contribution is -0.127. The highest BCUT2D eigenvalue weighted by molar-refractivity contribution is 14.0. The van der Waals surface area contributed by atoms with E-state index in [1.54, 1.807) is 20.2 Å². The third-order valence-corrected chi connectivity index (χ3v) is 5.19. The lowest BCUT2D eigenvalue weighted by Crippen LogP contribution is -2.50. The predicted octanol–water partition coefficient (Wildman–Crippen LogP) is 2.97. The molecule has 170 valence electrons. The van der Waals surface area contributed by atoms with E-state index < -0.39 is 11.6 Å². The lowest BCUT2D eigenvalue weighted by atomic mass is 10.0. The van der Waals surface area contributed by atoms with Crippen molar-refractivity contribution in [1.29, 1.82) is 0 Å². The van der Waals surface area contributed by atoms with E-state index in [0.29, 0.717) is 12.5 Å². The number of halogens is 3. The Morgan fingerprint density at radius 2 is 1.93 bits per heavy atom. The summed E-state index contributed by atoms with van der Waals surface area (Å²) >= 11 is 0. The summed E-state index contributed by atoms with van der Waals surface area (Å²) in [5.41, 5.74) is 0.776. The Morgan fingerprint density at radius 3 is 2.50 bits per heavy atom. The molecule has 1 aliphatic rings. The molecule has 6 nitrogen and oxygen atoms in total. The highest BCUT2D eigenvalue weighted by atomic mass is 127. The van der Waals surface area contributed by atoms with Gasteiger partial charge in [-0.15, -0.1) is 24.0 Å². The fraction of sp³-hybridized carbons (Fsp3) is 0.619. The van der Waals surface area contributed by atoms with Gasteiger partial charge in [-0.3, -0.25) is 9.69 Å². The van der Waals surface area contributed by atoms with Gasteiger partial charge in [0.1, 0.15) is 6.54 Å². The van der Waals surface area contributed by atoms with E-state index >= 15 is 0 Å². The molecular weight excluding hydrogens is 503 g/mol. The lowest BCUT2D eigenvalue weighted by Gasteiger charge is -2.33. The monoisotopic (exact) mass is 537 g/mol. The number of likely N-dealkylation sites (tertiary alicyclic amines) is 1. The number of likely N-dealkylation sites (N-methyl/N-ethyl adjacent to an activating group) is 1. The number of nitrogens with one attached hydrogen (secondary N) is 2. The van der Waals surface area contributed by atoms with Gasteiger partial charge in [-0.1, -0.05) is 13.0 Å². The third kappa shape index (κ3) is 8.71. The van der Waals surface area contributed by atoms with Crippen LogP contribution in [-0.2, 0) is 11.3 Å². The molecule has 0 saturated carbocycles. The SMILES string of the molecule is CCC(C)NC(=NCC(=O)N(C)C)NC1CCN(Cc2ccc(F)c(F)c2)CC1.I. The van der Waals surface area contributed by atoms with Crippen molar-refractivity contribution >= 4 is 35.8 Å². The molecule has 1 heterocycles. The molecule has 0 spiro atoms. The normalized spacial score (nSPS) is 16.5. The molecule has 0 aliphatic carbocycles. The number of benzene rings is 1. The van der Waals surface area contributed by atoms with Crippen molar-refractivity contribution in [2.24, 2.45) is 4.99 Å². The van der Waals surface area contributed by atoms with Crippen molar-refractivity contribution in [2.45, 2.75) is 51.7 Å². The number of rotatable bonds is 7. The van der Waals surface area contributed by atoms with Crippen molar-refractivity contribution in [2.75, 3.05) is 33.7 Å². The minimum absolute atomic E-state index is 0. The minimum atomic E-state index is -0.815. The van der Waals surface area contributed by atoms with Crippen molar-refractivity contribution in [3.05, 3.63) is 35.4 Å². The molecule has 0 bridgehead atoms. The Morgan fingerprint density at radius 1 is 1.27 bits per heavy atom. The molecule has 1 fully saturated rings. The molecule has 9 heteroatoms. The van der Waals surface area contributed by atoms with Crippen LogP contribution in [0.15, 0.2) is 23.2 Å². The van der Waals surface area contributed by atoms with Gasteiger partial charge >= 0.3 is 0 Å². The highest BCUT2D eigenvalue weighted by Gasteiger charge is 2.21. The molecule has 1 unspecified atom stereocenters. The Labute approximate surface area is 195 Å². The summed E-state index contributed by atoms with van der Waals surface area (Å²) in [5, 5.41) is 6.80. The maximum Gasteiger partial charge on any atom is 0.243 e. The van der Waals surface area contributed by atoms with Gasteiger partial charge in [0, 0.05) is 45.8 Å². The number of nitrogens with zero attached hydrogens (tertiary/aromatic N) is 3. The van der Waals surface area contributed by atoms with Crippen molar-refractivity contribution < 1.29 is 13.6 Å². The molecule has 0 radical (unpaired) electrons. The van der Waals surface area contributed by atoms with E-state index in [1.807, 2.05) is 0 Å². The summed E-state index contributed by atoms with van der Waals surface area (Å²) in [4.78, 5) is 20.1. The minimum Gasteiger partial charge on any atom is -0.354 e. The molecule has 1 aromatic rings. The maximum atomic E-state index is 13.4. The van der Waals surface area contributed by atoms with E-state index in [0.717, 1.165) is 37.9 Å². The molecule has 1 amide bonds. The molecule has 2 rings (SSSR count). The van der Waals surface area contributed by atoms with Crippen LogP contribution in [0.2, 0.25) is 0 Å². The Kier molecular flexibility index (Phi) is 11.5. The average Bonchev–Trinajstić information content (AvgIpc) is 2.69. The molecule has 1 aliphatic heterocycles. The van der Waals surface area contributed by atoms with Gasteiger partial charge in [0.05, 0.1) is 0 Å². The topological polar surface area (TPSA) is 60.0 Å². The first-order valence-electron chi connectivity index (χ1n) is 10.2. The first kappa shape index (κ1) is 26.5. The average molecular weight is 537 g/mol. The van der Waals surface area contributed by atoms with Gasteiger partial charge in [-0.25, -0.2) is 13.8 Å². The quantitative estimate of drug-likeness (QED) is 0.319. The first-order valence-corrected chi connectivity index (χ1v) is 10.2. The summed E-state index contributed by atoms with van der Waals surface area (Å²) in [6.45, 7) is 6.58. The second kappa shape index (κ2) is 13.0. The van der Waals surface area contributed by atoms with E-state index in [-0.39, 0.29) is 48.5 Å². The van der Waals surface area contributed by atoms with E-state index in [4.69, 9.17) is 0 Å². The molecular formula is C21H34F2IN5O. The zero-order chi connectivity index (χ0) is 21.4. The van der Waals surface area contributed by atoms with Crippen LogP contribution >= 0.6 is 24.0 Å². The standard InChI is InChI=1S/C21H33F2N5O.HI/c1-5-15(2)25-21(24-13-20(29)27(3)4)26-17-8-10-28(11-9-17)14-16-6-7-18(22)19(23)12-16;/h6-7,12,15,17H,5,8-11,13-14H2,1-4H3,(H2,24,25,26);1H. The highest BCUT2D eigenvalue weighted by Crippen LogP contribution is 2.16. The predicted molar refractivity (Wildman–Crippen MR) is 127 cm³/mol. The molecule has 1 aromatic carbocycles. The van der Waals surface area contributed by atoms with Crippen LogP contribution in [0.5, 0.6) is 0 Å². The van der Waals surface area contributed by atoms with Gasteiger partial charge in [0.25, 0.3) is 0 Å². The summed E-state index contributed by atoms with van der Waals surface area (Å²) in [5.74, 6) is -1.00. The van der Waals surface area contributed by atoms with Gasteiger partial charge in [0.15, 0.2) is 17.6 Å². The third-order valence-electron chi connectivity index (χ3n) is 5.19. The number of guanidine groups is 1. The number of aliphatic imine (C=N–C) groups is 1. The first-order chi connectivity index (χ1) is 13.8. The number of hydrogen-bond donors (Lipinski definition) is 2. The molecule has 30 heavy (non-hydrogen) atoms. The number of hydrogen-bond acceptors (Lipinski definition) is 3. The van der Waals surface area contributed by atoms with Gasteiger partial charge in [-0.05, 0) is 43.9 Å². The summed E-state index contributed by atoms with van der Waals surface area (Å²) in [7, 11) is 3.44. The molecule has 2 N–H and O–H groups in total. The van der Waals surface area contributed by atoms with Gasteiger partial charge < -0.3 is 15.5 Å². The van der Waals surface area contributed by atoms with Gasteiger partial charge in [0.2, 0.25) is 5.91 Å². The van der Waals surface area contributed by atoms with Crippen molar-refractivity contribution in [3.8, 4) is 0 Å². The van der Waals surface area contributed by atoms with Crippen LogP contribution in [0, 0.1) is 11.6 Å². The molecule has 0 aromatic heterocycles. The largest absolute Gasteiger partial charge is 0.354 e. The van der Waals surface area contributed by atoms with Crippen LogP contribution in [0.1, 0.15) is 38.7 Å². The van der Waals surface area contributed by atoms with Gasteiger partial charge in [-0.2, -0.15) is 0 Å². The smallest absolute Gasteiger partial charge is 0.243 e. The van der Waals surface area contributed by atoms with Crippen molar-refractivity contribution in [3.63, 3.8) is 0 Å². The van der Waals surface area contributed by atoms with Crippen LogP contribution in [-0.4, -0.2) is 67.5 Å². The number of piperidine rings is 1. The Hall–Kier alpha value is -1.49. The zero-order valence-electron chi connectivity index (χ0n) is 18.3. The van der Waals surface area contributed by atoms with Crippen LogP contribution in [0.3, 0.4) is 0 Å². The maximum absolute atomic E-state index is 13.4. The van der Waals surface area contributed by atoms with E-state index in [9.17, 15) is 13.6 Å². The Bertz CT molecular complexity index is 709. The van der Waals surface area contributed by atoms with Crippen molar-refractivity contribution in [1.82, 2.24) is 20.4 Å². The number of carbonyl (C=O) groups excluding carboxylic acids is 1. The second-order valence-electron chi connectivity index (χ2n) is 7.85. The number of carbonyl (C=O) groups is 1. The Balaban J connectivity index is 0.00000450. The van der Waals surface area contributed by atoms with Crippen LogP contribution < -0.4 is 10.6 Å². The fourth-order valence-corrected chi connectivity index (χ4v) is 3.08. The number of amides is 1. The van der Waals surface area contributed by atoms with E-state index in [2.05, 4.69) is 34.4 Å². The van der Waals surface area contributed by atoms with E-state index in [1.165, 1.54) is 17.0 Å².